The molecule has 2 aromatic heterocycles. The first-order valence-corrected chi connectivity index (χ1v) is 13.7. The molecule has 0 spiro atoms. The summed E-state index contributed by atoms with van der Waals surface area (Å²) in [6.45, 7) is 11.0. The van der Waals surface area contributed by atoms with Crippen LogP contribution in [0.5, 0.6) is 0 Å². The SMILES string of the molecule is Cc1sc2nc(CSc3ccccc3)nc(N3CCN(CC(=O)N4CCOCC4)CC3)c2c1C. The Labute approximate surface area is 209 Å². The molecule has 2 aliphatic rings. The number of piperazine rings is 1. The number of amides is 1. The van der Waals surface area contributed by atoms with Gasteiger partial charge in [-0.3, -0.25) is 9.69 Å². The summed E-state index contributed by atoms with van der Waals surface area (Å²) in [6, 6.07) is 10.4. The molecule has 4 heterocycles. The van der Waals surface area contributed by atoms with Crippen molar-refractivity contribution in [1.82, 2.24) is 19.8 Å². The standard InChI is InChI=1S/C25H31N5O2S2/c1-18-19(2)34-25-23(18)24(26-21(27-25)17-33-20-6-4-3-5-7-20)30-10-8-28(9-11-30)16-22(31)29-12-14-32-15-13-29/h3-7H,8-17H2,1-2H3. The third-order valence-electron chi connectivity index (χ3n) is 6.56. The number of thiophene rings is 1. The molecule has 0 unspecified atom stereocenters. The van der Waals surface area contributed by atoms with E-state index in [0.29, 0.717) is 32.8 Å². The first-order chi connectivity index (χ1) is 16.6. The van der Waals surface area contributed by atoms with Crippen LogP contribution in [-0.2, 0) is 15.3 Å². The van der Waals surface area contributed by atoms with Gasteiger partial charge in [-0.15, -0.1) is 23.1 Å². The fraction of sp³-hybridized carbons (Fsp3) is 0.480. The molecule has 3 aromatic rings. The van der Waals surface area contributed by atoms with E-state index in [-0.39, 0.29) is 5.91 Å². The molecule has 0 bridgehead atoms. The molecule has 0 saturated carbocycles. The second kappa shape index (κ2) is 10.6. The van der Waals surface area contributed by atoms with E-state index in [1.807, 2.05) is 11.0 Å². The summed E-state index contributed by atoms with van der Waals surface area (Å²) in [5, 5.41) is 1.19. The number of fused-ring (bicyclic) bond motifs is 1. The van der Waals surface area contributed by atoms with Gasteiger partial charge in [0.25, 0.3) is 0 Å². The highest BCUT2D eigenvalue weighted by Crippen LogP contribution is 2.36. The van der Waals surface area contributed by atoms with Gasteiger partial charge in [0, 0.05) is 49.0 Å². The summed E-state index contributed by atoms with van der Waals surface area (Å²) in [6.07, 6.45) is 0. The maximum atomic E-state index is 12.7. The number of thioether (sulfide) groups is 1. The lowest BCUT2D eigenvalue weighted by atomic mass is 10.2. The number of carbonyl (C=O) groups is 1. The third-order valence-corrected chi connectivity index (χ3v) is 8.67. The maximum absolute atomic E-state index is 12.7. The van der Waals surface area contributed by atoms with Gasteiger partial charge in [0.05, 0.1) is 30.9 Å². The maximum Gasteiger partial charge on any atom is 0.236 e. The average Bonchev–Trinajstić information content (AvgIpc) is 3.17. The average molecular weight is 498 g/mol. The number of ether oxygens (including phenoxy) is 1. The molecule has 0 atom stereocenters. The number of benzene rings is 1. The van der Waals surface area contributed by atoms with E-state index in [9.17, 15) is 4.79 Å². The highest BCUT2D eigenvalue weighted by molar-refractivity contribution is 7.98. The van der Waals surface area contributed by atoms with E-state index in [1.165, 1.54) is 20.7 Å². The number of aromatic nitrogens is 2. The highest BCUT2D eigenvalue weighted by atomic mass is 32.2. The van der Waals surface area contributed by atoms with E-state index in [4.69, 9.17) is 14.7 Å². The van der Waals surface area contributed by atoms with Crippen LogP contribution in [-0.4, -0.2) is 84.7 Å². The monoisotopic (exact) mass is 497 g/mol. The quantitative estimate of drug-likeness (QED) is 0.483. The molecule has 34 heavy (non-hydrogen) atoms. The minimum atomic E-state index is 0.214. The van der Waals surface area contributed by atoms with E-state index < -0.39 is 0 Å². The Morgan fingerprint density at radius 3 is 2.50 bits per heavy atom. The van der Waals surface area contributed by atoms with E-state index in [2.05, 4.69) is 47.9 Å². The zero-order valence-electron chi connectivity index (χ0n) is 19.8. The van der Waals surface area contributed by atoms with Crippen molar-refractivity contribution < 1.29 is 9.53 Å². The minimum absolute atomic E-state index is 0.214. The van der Waals surface area contributed by atoms with Gasteiger partial charge in [-0.1, -0.05) is 18.2 Å². The first kappa shape index (κ1) is 23.5. The lowest BCUT2D eigenvalue weighted by molar-refractivity contribution is -0.136. The van der Waals surface area contributed by atoms with Crippen LogP contribution in [0.3, 0.4) is 0 Å². The molecule has 5 rings (SSSR count). The molecular weight excluding hydrogens is 466 g/mol. The third kappa shape index (κ3) is 5.22. The van der Waals surface area contributed by atoms with Crippen molar-refractivity contribution in [2.75, 3.05) is 63.9 Å². The van der Waals surface area contributed by atoms with E-state index in [1.54, 1.807) is 23.1 Å². The van der Waals surface area contributed by atoms with Crippen molar-refractivity contribution >= 4 is 45.0 Å². The fourth-order valence-electron chi connectivity index (χ4n) is 4.45. The molecular formula is C25H31N5O2S2. The Kier molecular flexibility index (Phi) is 7.34. The van der Waals surface area contributed by atoms with Crippen LogP contribution in [0.2, 0.25) is 0 Å². The molecule has 9 heteroatoms. The van der Waals surface area contributed by atoms with Crippen LogP contribution in [0, 0.1) is 13.8 Å². The van der Waals surface area contributed by atoms with Gasteiger partial charge < -0.3 is 14.5 Å². The summed E-state index contributed by atoms with van der Waals surface area (Å²) in [4.78, 5) is 32.8. The number of aryl methyl sites for hydroxylation is 2. The second-order valence-electron chi connectivity index (χ2n) is 8.78. The lowest BCUT2D eigenvalue weighted by Gasteiger charge is -2.36. The van der Waals surface area contributed by atoms with Crippen molar-refractivity contribution in [2.45, 2.75) is 24.5 Å². The van der Waals surface area contributed by atoms with Crippen molar-refractivity contribution in [2.24, 2.45) is 0 Å². The normalized spacial score (nSPS) is 17.5. The Bertz CT molecular complexity index is 1140. The van der Waals surface area contributed by atoms with Crippen LogP contribution in [0.25, 0.3) is 10.2 Å². The van der Waals surface area contributed by atoms with Gasteiger partial charge in [-0.2, -0.15) is 0 Å². The van der Waals surface area contributed by atoms with Crippen LogP contribution >= 0.6 is 23.1 Å². The largest absolute Gasteiger partial charge is 0.378 e. The van der Waals surface area contributed by atoms with Gasteiger partial charge in [0.15, 0.2) is 0 Å². The van der Waals surface area contributed by atoms with Crippen LogP contribution in [0.1, 0.15) is 16.3 Å². The number of hydrogen-bond donors (Lipinski definition) is 0. The molecule has 7 nitrogen and oxygen atoms in total. The second-order valence-corrected chi connectivity index (χ2v) is 11.0. The predicted octanol–water partition coefficient (Wildman–Crippen LogP) is 3.58. The molecule has 180 valence electrons. The van der Waals surface area contributed by atoms with Crippen LogP contribution in [0.4, 0.5) is 5.82 Å². The molecule has 2 saturated heterocycles. The Morgan fingerprint density at radius 1 is 1.03 bits per heavy atom. The summed E-state index contributed by atoms with van der Waals surface area (Å²) < 4.78 is 5.37. The molecule has 2 aliphatic heterocycles. The molecule has 0 radical (unpaired) electrons. The zero-order valence-corrected chi connectivity index (χ0v) is 21.5. The number of rotatable bonds is 6. The zero-order chi connectivity index (χ0) is 23.5. The summed E-state index contributed by atoms with van der Waals surface area (Å²) in [5.41, 5.74) is 1.28. The molecule has 2 fully saturated rings. The van der Waals surface area contributed by atoms with Crippen molar-refractivity contribution in [3.63, 3.8) is 0 Å². The summed E-state index contributed by atoms with van der Waals surface area (Å²) in [5.74, 6) is 2.89. The Balaban J connectivity index is 1.30. The number of nitrogens with zero attached hydrogens (tertiary/aromatic N) is 5. The van der Waals surface area contributed by atoms with Crippen molar-refractivity contribution in [3.05, 3.63) is 46.6 Å². The van der Waals surface area contributed by atoms with Crippen LogP contribution in [0.15, 0.2) is 35.2 Å². The first-order valence-electron chi connectivity index (χ1n) is 11.9. The minimum Gasteiger partial charge on any atom is -0.378 e. The highest BCUT2D eigenvalue weighted by Gasteiger charge is 2.26. The summed E-state index contributed by atoms with van der Waals surface area (Å²) >= 11 is 3.53. The van der Waals surface area contributed by atoms with Gasteiger partial charge in [0.2, 0.25) is 5.91 Å². The Morgan fingerprint density at radius 2 is 1.76 bits per heavy atom. The molecule has 1 amide bonds. The molecule has 1 aromatic carbocycles. The number of anilines is 1. The van der Waals surface area contributed by atoms with Gasteiger partial charge in [-0.05, 0) is 31.5 Å². The van der Waals surface area contributed by atoms with Crippen molar-refractivity contribution in [1.29, 1.82) is 0 Å². The smallest absolute Gasteiger partial charge is 0.236 e. The number of hydrogen-bond acceptors (Lipinski definition) is 8. The number of morpholine rings is 1. The Hall–Kier alpha value is -2.20. The molecule has 0 N–H and O–H groups in total. The van der Waals surface area contributed by atoms with E-state index >= 15 is 0 Å². The number of carbonyl (C=O) groups excluding carboxylic acids is 1. The van der Waals surface area contributed by atoms with E-state index in [0.717, 1.165) is 48.4 Å². The summed E-state index contributed by atoms with van der Waals surface area (Å²) in [7, 11) is 0. The lowest BCUT2D eigenvalue weighted by Crippen LogP contribution is -2.51. The van der Waals surface area contributed by atoms with Crippen molar-refractivity contribution in [3.8, 4) is 0 Å². The van der Waals surface area contributed by atoms with Gasteiger partial charge >= 0.3 is 0 Å². The fourth-order valence-corrected chi connectivity index (χ4v) is 6.27. The predicted molar refractivity (Wildman–Crippen MR) is 139 cm³/mol. The van der Waals surface area contributed by atoms with Crippen LogP contribution < -0.4 is 4.90 Å². The van der Waals surface area contributed by atoms with Gasteiger partial charge in [0.1, 0.15) is 16.5 Å². The molecule has 0 aliphatic carbocycles. The topological polar surface area (TPSA) is 61.8 Å². The van der Waals surface area contributed by atoms with Gasteiger partial charge in [-0.25, -0.2) is 9.97 Å².